The summed E-state index contributed by atoms with van der Waals surface area (Å²) in [7, 11) is 1.20. The van der Waals surface area contributed by atoms with Crippen molar-refractivity contribution in [2.24, 2.45) is 11.8 Å². The number of ether oxygens (including phenoxy) is 3. The molecule has 2 amide bonds. The van der Waals surface area contributed by atoms with Crippen LogP contribution in [0.4, 0.5) is 4.79 Å². The average molecular weight is 497 g/mol. The minimum absolute atomic E-state index is 0.344. The van der Waals surface area contributed by atoms with Crippen LogP contribution in [0.25, 0.3) is 0 Å². The van der Waals surface area contributed by atoms with Crippen molar-refractivity contribution in [1.82, 2.24) is 10.4 Å². The lowest BCUT2D eigenvalue weighted by atomic mass is 9.78. The highest BCUT2D eigenvalue weighted by Gasteiger charge is 2.57. The zero-order chi connectivity index (χ0) is 22.7. The summed E-state index contributed by atoms with van der Waals surface area (Å²) in [5.74, 6) is -3.10. The van der Waals surface area contributed by atoms with Gasteiger partial charge in [0.15, 0.2) is 12.4 Å². The Morgan fingerprint density at radius 1 is 1.13 bits per heavy atom. The smallest absolute Gasteiger partial charge is 0.425 e. The fourth-order valence-electron chi connectivity index (χ4n) is 3.99. The molecule has 1 N–H and O–H groups in total. The number of fused-ring (bicyclic) bond motifs is 2. The number of benzene rings is 1. The molecule has 9 nitrogen and oxygen atoms in total. The first-order valence-corrected chi connectivity index (χ1v) is 10.8. The summed E-state index contributed by atoms with van der Waals surface area (Å²) in [5, 5.41) is 1.15. The molecule has 2 saturated heterocycles. The van der Waals surface area contributed by atoms with Crippen molar-refractivity contribution >= 4 is 39.7 Å². The lowest BCUT2D eigenvalue weighted by molar-refractivity contribution is -0.156. The van der Waals surface area contributed by atoms with Crippen LogP contribution in [0.5, 0.6) is 0 Å². The van der Waals surface area contributed by atoms with Gasteiger partial charge < -0.3 is 14.2 Å². The molecule has 2 fully saturated rings. The average Bonchev–Trinajstić information content (AvgIpc) is 3.37. The molecule has 168 valence electrons. The topological polar surface area (TPSA) is 111 Å². The van der Waals surface area contributed by atoms with Crippen molar-refractivity contribution in [1.29, 1.82) is 0 Å². The number of halogens is 1. The molecular weight excluding hydrogens is 472 g/mol. The molecule has 2 unspecified atom stereocenters. The van der Waals surface area contributed by atoms with Crippen LogP contribution in [0.1, 0.15) is 37.0 Å². The number of ketones is 1. The second-order valence-corrected chi connectivity index (χ2v) is 8.70. The molecule has 4 atom stereocenters. The lowest BCUT2D eigenvalue weighted by Gasteiger charge is -2.33. The molecule has 1 aromatic rings. The molecule has 0 spiro atoms. The van der Waals surface area contributed by atoms with Gasteiger partial charge in [-0.1, -0.05) is 28.1 Å². The Balaban J connectivity index is 1.70. The number of carbonyl (C=O) groups excluding carboxylic acids is 4. The summed E-state index contributed by atoms with van der Waals surface area (Å²) in [6.45, 7) is 3.03. The zero-order valence-electron chi connectivity index (χ0n) is 17.5. The van der Waals surface area contributed by atoms with Crippen LogP contribution in [0.15, 0.2) is 28.7 Å². The highest BCUT2D eigenvalue weighted by Crippen LogP contribution is 2.45. The molecule has 10 heteroatoms. The van der Waals surface area contributed by atoms with Crippen LogP contribution in [0.3, 0.4) is 0 Å². The molecule has 0 aromatic heterocycles. The molecule has 1 aromatic carbocycles. The minimum Gasteiger partial charge on any atom is -0.457 e. The van der Waals surface area contributed by atoms with Crippen LogP contribution in [0.2, 0.25) is 0 Å². The third kappa shape index (κ3) is 5.07. The molecule has 2 bridgehead atoms. The second kappa shape index (κ2) is 9.78. The van der Waals surface area contributed by atoms with E-state index in [0.717, 1.165) is 9.48 Å². The first-order chi connectivity index (χ1) is 14.7. The van der Waals surface area contributed by atoms with E-state index in [4.69, 9.17) is 9.47 Å². The first kappa shape index (κ1) is 23.2. The largest absolute Gasteiger partial charge is 0.457 e. The molecule has 2 aliphatic heterocycles. The summed E-state index contributed by atoms with van der Waals surface area (Å²) >= 11 is 3.30. The van der Waals surface area contributed by atoms with Gasteiger partial charge in [0.25, 0.3) is 0 Å². The lowest BCUT2D eigenvalue weighted by Crippen LogP contribution is -2.55. The van der Waals surface area contributed by atoms with Gasteiger partial charge in [0.05, 0.1) is 31.2 Å². The Morgan fingerprint density at radius 3 is 2.32 bits per heavy atom. The van der Waals surface area contributed by atoms with E-state index in [-0.39, 0.29) is 11.8 Å². The third-order valence-electron chi connectivity index (χ3n) is 5.49. The van der Waals surface area contributed by atoms with E-state index in [1.165, 1.54) is 7.11 Å². The van der Waals surface area contributed by atoms with Crippen LogP contribution >= 0.6 is 15.9 Å². The summed E-state index contributed by atoms with van der Waals surface area (Å²) in [6, 6.07) is 6.34. The maximum atomic E-state index is 13.2. The number of carbonyl (C=O) groups is 4. The van der Waals surface area contributed by atoms with E-state index < -0.39 is 48.6 Å². The number of amides is 2. The van der Waals surface area contributed by atoms with Gasteiger partial charge in [-0.15, -0.1) is 0 Å². The summed E-state index contributed by atoms with van der Waals surface area (Å²) < 4.78 is 16.5. The Morgan fingerprint density at radius 2 is 1.74 bits per heavy atom. The summed E-state index contributed by atoms with van der Waals surface area (Å²) in [4.78, 5) is 50.1. The van der Waals surface area contributed by atoms with Gasteiger partial charge in [-0.2, -0.15) is 0 Å². The van der Waals surface area contributed by atoms with Crippen molar-refractivity contribution in [3.63, 3.8) is 0 Å². The number of Topliss-reactive ketones (excluding diaryl/α,β-unsaturated/α-hetero) is 1. The Kier molecular flexibility index (Phi) is 7.32. The van der Waals surface area contributed by atoms with Crippen molar-refractivity contribution in [2.45, 2.75) is 44.9 Å². The van der Waals surface area contributed by atoms with Gasteiger partial charge in [-0.05, 0) is 38.8 Å². The van der Waals surface area contributed by atoms with Crippen molar-refractivity contribution in [2.75, 3.05) is 13.7 Å². The van der Waals surface area contributed by atoms with E-state index >= 15 is 0 Å². The third-order valence-corrected chi connectivity index (χ3v) is 6.02. The van der Waals surface area contributed by atoms with Gasteiger partial charge in [0, 0.05) is 16.1 Å². The predicted octanol–water partition coefficient (Wildman–Crippen LogP) is 2.48. The van der Waals surface area contributed by atoms with Gasteiger partial charge in [-0.25, -0.2) is 15.2 Å². The maximum absolute atomic E-state index is 13.2. The fraction of sp³-hybridized carbons (Fsp3) is 0.524. The molecule has 0 saturated carbocycles. The number of nitrogens with zero attached hydrogens (tertiary/aromatic N) is 1. The normalized spacial score (nSPS) is 24.0. The molecule has 0 radical (unpaired) electrons. The Hall–Kier alpha value is -2.46. The van der Waals surface area contributed by atoms with E-state index in [1.807, 2.05) is 0 Å². The van der Waals surface area contributed by atoms with E-state index in [9.17, 15) is 19.2 Å². The molecule has 2 aliphatic rings. The summed E-state index contributed by atoms with van der Waals surface area (Å²) in [6.07, 6.45) is -0.432. The number of nitrogens with one attached hydrogen (secondary N) is 1. The monoisotopic (exact) mass is 496 g/mol. The van der Waals surface area contributed by atoms with Crippen molar-refractivity contribution in [3.8, 4) is 0 Å². The predicted molar refractivity (Wildman–Crippen MR) is 112 cm³/mol. The molecule has 0 aliphatic carbocycles. The Labute approximate surface area is 188 Å². The molecular formula is C21H25BrN2O7. The van der Waals surface area contributed by atoms with Crippen molar-refractivity contribution < 1.29 is 33.4 Å². The number of rotatable bonds is 6. The summed E-state index contributed by atoms with van der Waals surface area (Å²) in [5.41, 5.74) is 2.81. The SMILES string of the molecule is COC(=O)NN(C(=O)[C@@H]1C2CCC(O2)[C@@H]1C(=O)OCC(=O)c1ccc(Br)cc1)C(C)C. The van der Waals surface area contributed by atoms with Gasteiger partial charge in [-0.3, -0.25) is 14.4 Å². The molecule has 31 heavy (non-hydrogen) atoms. The first-order valence-electron chi connectivity index (χ1n) is 10.0. The zero-order valence-corrected chi connectivity index (χ0v) is 19.1. The van der Waals surface area contributed by atoms with Crippen LogP contribution in [0, 0.1) is 11.8 Å². The quantitative estimate of drug-likeness (QED) is 0.365. The Bertz CT molecular complexity index is 858. The van der Waals surface area contributed by atoms with Crippen LogP contribution in [-0.2, 0) is 23.8 Å². The van der Waals surface area contributed by atoms with E-state index in [0.29, 0.717) is 18.4 Å². The number of hydrogen-bond donors (Lipinski definition) is 1. The number of hydrazine groups is 1. The fourth-order valence-corrected chi connectivity index (χ4v) is 4.25. The van der Waals surface area contributed by atoms with Crippen LogP contribution in [-0.4, -0.2) is 60.7 Å². The minimum atomic E-state index is -0.843. The highest BCUT2D eigenvalue weighted by atomic mass is 79.9. The van der Waals surface area contributed by atoms with Gasteiger partial charge >= 0.3 is 12.1 Å². The van der Waals surface area contributed by atoms with Crippen LogP contribution < -0.4 is 5.43 Å². The standard InChI is InChI=1S/C21H25BrN2O7/c1-11(2)24(23-21(28)29-3)19(26)17-15-8-9-16(31-15)18(17)20(27)30-10-14(25)12-4-6-13(22)7-5-12/h4-7,11,15-18H,8-10H2,1-3H3,(H,23,28)/t15?,16?,17-,18+/m1/s1. The molecule has 3 rings (SSSR count). The second-order valence-electron chi connectivity index (χ2n) is 7.79. The maximum Gasteiger partial charge on any atom is 0.425 e. The van der Waals surface area contributed by atoms with E-state index in [1.54, 1.807) is 38.1 Å². The number of methoxy groups -OCH3 is 1. The molecule has 2 heterocycles. The number of hydrogen-bond acceptors (Lipinski definition) is 7. The van der Waals surface area contributed by atoms with Gasteiger partial charge in [0.1, 0.15) is 0 Å². The van der Waals surface area contributed by atoms with E-state index in [2.05, 4.69) is 26.1 Å². The van der Waals surface area contributed by atoms with Gasteiger partial charge in [0.2, 0.25) is 5.91 Å². The highest BCUT2D eigenvalue weighted by molar-refractivity contribution is 9.10. The van der Waals surface area contributed by atoms with Crippen molar-refractivity contribution in [3.05, 3.63) is 34.3 Å². The number of esters is 1.